The van der Waals surface area contributed by atoms with Gasteiger partial charge in [0.15, 0.2) is 0 Å². The Labute approximate surface area is 249 Å². The van der Waals surface area contributed by atoms with E-state index in [2.05, 4.69) is 11.9 Å². The lowest BCUT2D eigenvalue weighted by Gasteiger charge is -2.35. The van der Waals surface area contributed by atoms with Crippen molar-refractivity contribution >= 4 is 0 Å². The number of benzene rings is 4. The van der Waals surface area contributed by atoms with Gasteiger partial charge in [-0.15, -0.1) is 6.58 Å². The summed E-state index contributed by atoms with van der Waals surface area (Å²) in [5, 5.41) is 15.1. The lowest BCUT2D eigenvalue weighted by atomic mass is 9.99. The van der Waals surface area contributed by atoms with Crippen molar-refractivity contribution in [1.29, 1.82) is 0 Å². The van der Waals surface area contributed by atoms with E-state index in [1.54, 1.807) is 7.11 Å². The summed E-state index contributed by atoms with van der Waals surface area (Å²) in [6.45, 7) is 5.81. The molecule has 0 spiro atoms. The minimum Gasteiger partial charge on any atom is -0.497 e. The molecule has 4 rings (SSSR count). The summed E-state index contributed by atoms with van der Waals surface area (Å²) in [6.07, 6.45) is -0.422. The molecule has 42 heavy (non-hydrogen) atoms. The summed E-state index contributed by atoms with van der Waals surface area (Å²) in [4.78, 5) is 0. The normalized spacial score (nSPS) is 14.0. The third-order valence-electron chi connectivity index (χ3n) is 6.98. The standard InChI is InChI=1S/C36H41NO5/c1-3-33(37-23-28-19-21-32(39-2)22-20-28)35(41-25-30-15-9-5-10-16-30)36(42-26-31-17-11-6-12-18-31)34(38)27-40-24-29-13-7-4-8-14-29/h3-22,33-38H,1,23-27H2,2H3/t33?,34-,35-,36-/m1/s1. The smallest absolute Gasteiger partial charge is 0.118 e. The van der Waals surface area contributed by atoms with Gasteiger partial charge in [0.1, 0.15) is 24.1 Å². The fourth-order valence-corrected chi connectivity index (χ4v) is 4.64. The van der Waals surface area contributed by atoms with E-state index in [1.165, 1.54) is 0 Å². The van der Waals surface area contributed by atoms with Gasteiger partial charge >= 0.3 is 0 Å². The van der Waals surface area contributed by atoms with Gasteiger partial charge in [-0.25, -0.2) is 0 Å². The van der Waals surface area contributed by atoms with Crippen LogP contribution in [0.1, 0.15) is 22.3 Å². The zero-order valence-corrected chi connectivity index (χ0v) is 24.2. The topological polar surface area (TPSA) is 69.2 Å². The van der Waals surface area contributed by atoms with Crippen LogP contribution in [0.5, 0.6) is 5.75 Å². The maximum absolute atomic E-state index is 11.5. The Morgan fingerprint density at radius 2 is 1.17 bits per heavy atom. The molecule has 2 N–H and O–H groups in total. The van der Waals surface area contributed by atoms with Crippen molar-refractivity contribution < 1.29 is 24.1 Å². The molecule has 1 unspecified atom stereocenters. The summed E-state index contributed by atoms with van der Waals surface area (Å²) in [6, 6.07) is 37.4. The van der Waals surface area contributed by atoms with Crippen molar-refractivity contribution in [1.82, 2.24) is 5.32 Å². The fourth-order valence-electron chi connectivity index (χ4n) is 4.64. The van der Waals surface area contributed by atoms with Gasteiger partial charge in [-0.05, 0) is 34.4 Å². The van der Waals surface area contributed by atoms with Gasteiger partial charge in [0.05, 0.1) is 39.6 Å². The second-order valence-electron chi connectivity index (χ2n) is 10.1. The monoisotopic (exact) mass is 567 g/mol. The van der Waals surface area contributed by atoms with E-state index >= 15 is 0 Å². The van der Waals surface area contributed by atoms with Crippen LogP contribution in [0.4, 0.5) is 0 Å². The van der Waals surface area contributed by atoms with Crippen molar-refractivity contribution in [2.24, 2.45) is 0 Å². The summed E-state index contributed by atoms with van der Waals surface area (Å²) < 4.78 is 24.2. The van der Waals surface area contributed by atoms with Gasteiger partial charge in [-0.2, -0.15) is 0 Å². The van der Waals surface area contributed by atoms with Crippen molar-refractivity contribution in [3.63, 3.8) is 0 Å². The second kappa shape index (κ2) is 17.2. The van der Waals surface area contributed by atoms with Gasteiger partial charge in [0.2, 0.25) is 0 Å². The number of hydrogen-bond donors (Lipinski definition) is 2. The molecule has 0 aliphatic heterocycles. The van der Waals surface area contributed by atoms with Gasteiger partial charge in [-0.3, -0.25) is 0 Å². The number of nitrogens with one attached hydrogen (secondary N) is 1. The van der Waals surface area contributed by atoms with Gasteiger partial charge in [-0.1, -0.05) is 109 Å². The van der Waals surface area contributed by atoms with E-state index in [4.69, 9.17) is 18.9 Å². The number of rotatable bonds is 18. The predicted octanol–water partition coefficient (Wildman–Crippen LogP) is 6.09. The minimum absolute atomic E-state index is 0.0852. The number of methoxy groups -OCH3 is 1. The average molecular weight is 568 g/mol. The lowest BCUT2D eigenvalue weighted by molar-refractivity contribution is -0.152. The Bertz CT molecular complexity index is 1280. The molecule has 0 saturated carbocycles. The van der Waals surface area contributed by atoms with E-state index in [0.29, 0.717) is 26.4 Å². The largest absolute Gasteiger partial charge is 0.497 e. The number of hydrogen-bond acceptors (Lipinski definition) is 6. The van der Waals surface area contributed by atoms with Gasteiger partial charge in [0, 0.05) is 6.54 Å². The Balaban J connectivity index is 1.54. The first-order valence-corrected chi connectivity index (χ1v) is 14.3. The zero-order valence-electron chi connectivity index (χ0n) is 24.2. The summed E-state index contributed by atoms with van der Waals surface area (Å²) in [7, 11) is 1.65. The van der Waals surface area contributed by atoms with Gasteiger partial charge in [0.25, 0.3) is 0 Å². The maximum atomic E-state index is 11.5. The molecule has 0 heterocycles. The summed E-state index contributed by atoms with van der Waals surface area (Å²) in [5.74, 6) is 0.802. The maximum Gasteiger partial charge on any atom is 0.118 e. The lowest BCUT2D eigenvalue weighted by Crippen LogP contribution is -2.52. The van der Waals surface area contributed by atoms with Crippen molar-refractivity contribution in [2.75, 3.05) is 13.7 Å². The van der Waals surface area contributed by atoms with Crippen LogP contribution in [0.3, 0.4) is 0 Å². The molecule has 0 fully saturated rings. The highest BCUT2D eigenvalue weighted by Gasteiger charge is 2.35. The number of aliphatic hydroxyl groups is 1. The molecular weight excluding hydrogens is 526 g/mol. The van der Waals surface area contributed by atoms with Crippen molar-refractivity contribution in [2.45, 2.75) is 50.7 Å². The highest BCUT2D eigenvalue weighted by Crippen LogP contribution is 2.20. The molecule has 220 valence electrons. The molecule has 0 radical (unpaired) electrons. The van der Waals surface area contributed by atoms with Crippen molar-refractivity contribution in [3.8, 4) is 5.75 Å². The molecule has 6 heteroatoms. The Hall–Kier alpha value is -3.78. The Kier molecular flexibility index (Phi) is 12.8. The first kappa shape index (κ1) is 31.2. The fraction of sp³-hybridized carbons (Fsp3) is 0.278. The summed E-state index contributed by atoms with van der Waals surface area (Å²) >= 11 is 0. The Morgan fingerprint density at radius 3 is 1.67 bits per heavy atom. The average Bonchev–Trinajstić information content (AvgIpc) is 3.05. The second-order valence-corrected chi connectivity index (χ2v) is 10.1. The highest BCUT2D eigenvalue weighted by atomic mass is 16.6. The van der Waals surface area contributed by atoms with Crippen LogP contribution in [0.15, 0.2) is 128 Å². The van der Waals surface area contributed by atoms with E-state index in [9.17, 15) is 5.11 Å². The number of ether oxygens (including phenoxy) is 4. The molecule has 0 aliphatic carbocycles. The summed E-state index contributed by atoms with van der Waals surface area (Å²) in [5.41, 5.74) is 4.14. The SMILES string of the molecule is C=CC(NCc1ccc(OC)cc1)[C@@H](OCc1ccccc1)[C@H](OCc1ccccc1)[C@H](O)COCc1ccccc1. The number of aliphatic hydroxyl groups excluding tert-OH is 1. The van der Waals surface area contributed by atoms with Crippen LogP contribution < -0.4 is 10.1 Å². The van der Waals surface area contributed by atoms with Crippen LogP contribution >= 0.6 is 0 Å². The highest BCUT2D eigenvalue weighted by molar-refractivity contribution is 5.27. The minimum atomic E-state index is -0.955. The van der Waals surface area contributed by atoms with E-state index in [-0.39, 0.29) is 12.6 Å². The molecule has 0 amide bonds. The quantitative estimate of drug-likeness (QED) is 0.142. The third kappa shape index (κ3) is 9.94. The zero-order chi connectivity index (χ0) is 29.4. The molecule has 0 aliphatic rings. The van der Waals surface area contributed by atoms with E-state index < -0.39 is 18.3 Å². The van der Waals surface area contributed by atoms with E-state index in [1.807, 2.05) is 121 Å². The van der Waals surface area contributed by atoms with Crippen LogP contribution in [-0.2, 0) is 40.6 Å². The van der Waals surface area contributed by atoms with E-state index in [0.717, 1.165) is 28.0 Å². The molecule has 0 saturated heterocycles. The van der Waals surface area contributed by atoms with Gasteiger partial charge < -0.3 is 29.4 Å². The van der Waals surface area contributed by atoms with Crippen molar-refractivity contribution in [3.05, 3.63) is 150 Å². The first-order valence-electron chi connectivity index (χ1n) is 14.3. The molecule has 6 nitrogen and oxygen atoms in total. The van der Waals surface area contributed by atoms with Crippen LogP contribution in [0.25, 0.3) is 0 Å². The molecule has 4 aromatic carbocycles. The molecule has 0 aromatic heterocycles. The molecular formula is C36H41NO5. The van der Waals surface area contributed by atoms with Crippen LogP contribution in [0, 0.1) is 0 Å². The first-order chi connectivity index (χ1) is 20.7. The molecule has 0 bridgehead atoms. The Morgan fingerprint density at radius 1 is 0.667 bits per heavy atom. The predicted molar refractivity (Wildman–Crippen MR) is 166 cm³/mol. The molecule has 4 aromatic rings. The third-order valence-corrected chi connectivity index (χ3v) is 6.98. The van der Waals surface area contributed by atoms with Crippen LogP contribution in [0.2, 0.25) is 0 Å². The van der Waals surface area contributed by atoms with Crippen LogP contribution in [-0.4, -0.2) is 43.2 Å². The molecule has 4 atom stereocenters.